The molecule has 1 aromatic heterocycles. The summed E-state index contributed by atoms with van der Waals surface area (Å²) in [4.78, 5) is 22.2. The summed E-state index contributed by atoms with van der Waals surface area (Å²) in [5, 5.41) is 4.13. The summed E-state index contributed by atoms with van der Waals surface area (Å²) in [6.45, 7) is 6.75. The first-order valence-corrected chi connectivity index (χ1v) is 8.96. The Morgan fingerprint density at radius 1 is 1.31 bits per heavy atom. The van der Waals surface area contributed by atoms with Crippen LogP contribution in [-0.2, 0) is 4.74 Å². The first-order chi connectivity index (χ1) is 12.2. The average Bonchev–Trinajstić information content (AvgIpc) is 2.53. The Morgan fingerprint density at radius 3 is 2.65 bits per heavy atom. The lowest BCUT2D eigenvalue weighted by Gasteiger charge is -2.34. The Balaban J connectivity index is 1.67. The molecule has 0 atom stereocenters. The molecule has 1 aliphatic heterocycles. The summed E-state index contributed by atoms with van der Waals surface area (Å²) in [5.41, 5.74) is -0.0448. The SMILES string of the molecule is CC(C)(C)OC(=O)N1CCC(Nc2nc(Cl)nc3cc(F)ccc23)CC1. The smallest absolute Gasteiger partial charge is 0.410 e. The zero-order chi connectivity index (χ0) is 18.9. The summed E-state index contributed by atoms with van der Waals surface area (Å²) >= 11 is 5.97. The number of hydrogen-bond donors (Lipinski definition) is 1. The molecule has 1 aromatic carbocycles. The monoisotopic (exact) mass is 380 g/mol. The third kappa shape index (κ3) is 4.52. The number of carbonyl (C=O) groups is 1. The highest BCUT2D eigenvalue weighted by Crippen LogP contribution is 2.25. The van der Waals surface area contributed by atoms with Crippen LogP contribution >= 0.6 is 11.6 Å². The van der Waals surface area contributed by atoms with Crippen molar-refractivity contribution in [1.82, 2.24) is 14.9 Å². The minimum atomic E-state index is -0.502. The minimum absolute atomic E-state index is 0.0665. The summed E-state index contributed by atoms with van der Waals surface area (Å²) in [7, 11) is 0. The van der Waals surface area contributed by atoms with E-state index in [9.17, 15) is 9.18 Å². The number of anilines is 1. The number of hydrogen-bond acceptors (Lipinski definition) is 5. The third-order valence-electron chi connectivity index (χ3n) is 4.12. The lowest BCUT2D eigenvalue weighted by molar-refractivity contribution is 0.0210. The summed E-state index contributed by atoms with van der Waals surface area (Å²) in [5.74, 6) is 0.208. The topological polar surface area (TPSA) is 67.3 Å². The minimum Gasteiger partial charge on any atom is -0.444 e. The molecule has 0 spiro atoms. The zero-order valence-corrected chi connectivity index (χ0v) is 15.8. The molecule has 0 saturated carbocycles. The molecule has 2 heterocycles. The van der Waals surface area contributed by atoms with E-state index in [1.165, 1.54) is 12.1 Å². The highest BCUT2D eigenvalue weighted by Gasteiger charge is 2.27. The van der Waals surface area contributed by atoms with Crippen LogP contribution in [0.25, 0.3) is 10.9 Å². The van der Waals surface area contributed by atoms with Gasteiger partial charge in [0.15, 0.2) is 0 Å². The van der Waals surface area contributed by atoms with E-state index >= 15 is 0 Å². The Bertz CT molecular complexity index is 811. The van der Waals surface area contributed by atoms with E-state index in [1.807, 2.05) is 20.8 Å². The Hall–Kier alpha value is -2.15. The fraction of sp³-hybridized carbons (Fsp3) is 0.500. The second kappa shape index (κ2) is 7.23. The predicted octanol–water partition coefficient (Wildman–Crippen LogP) is 4.23. The van der Waals surface area contributed by atoms with Gasteiger partial charge in [-0.15, -0.1) is 0 Å². The van der Waals surface area contributed by atoms with Crippen molar-refractivity contribution in [2.45, 2.75) is 45.3 Å². The van der Waals surface area contributed by atoms with Crippen molar-refractivity contribution in [3.63, 3.8) is 0 Å². The van der Waals surface area contributed by atoms with E-state index in [4.69, 9.17) is 16.3 Å². The van der Waals surface area contributed by atoms with Crippen molar-refractivity contribution in [3.8, 4) is 0 Å². The van der Waals surface area contributed by atoms with Crippen LogP contribution in [0.15, 0.2) is 18.2 Å². The molecule has 0 bridgehead atoms. The number of ether oxygens (including phenoxy) is 1. The van der Waals surface area contributed by atoms with Crippen LogP contribution in [0, 0.1) is 5.82 Å². The molecule has 26 heavy (non-hydrogen) atoms. The van der Waals surface area contributed by atoms with Crippen molar-refractivity contribution in [3.05, 3.63) is 29.3 Å². The summed E-state index contributed by atoms with van der Waals surface area (Å²) in [6, 6.07) is 4.47. The van der Waals surface area contributed by atoms with Crippen LogP contribution in [0.5, 0.6) is 0 Å². The zero-order valence-electron chi connectivity index (χ0n) is 15.1. The maximum atomic E-state index is 13.4. The number of aromatic nitrogens is 2. The second-order valence-corrected chi connectivity index (χ2v) is 7.73. The molecule has 1 saturated heterocycles. The molecule has 1 aliphatic rings. The van der Waals surface area contributed by atoms with Gasteiger partial charge in [0.05, 0.1) is 5.52 Å². The van der Waals surface area contributed by atoms with Gasteiger partial charge in [0.2, 0.25) is 5.28 Å². The van der Waals surface area contributed by atoms with Crippen molar-refractivity contribution in [1.29, 1.82) is 0 Å². The summed E-state index contributed by atoms with van der Waals surface area (Å²) < 4.78 is 18.8. The van der Waals surface area contributed by atoms with Gasteiger partial charge >= 0.3 is 6.09 Å². The van der Waals surface area contributed by atoms with E-state index in [2.05, 4.69) is 15.3 Å². The van der Waals surface area contributed by atoms with E-state index < -0.39 is 5.60 Å². The van der Waals surface area contributed by atoms with Crippen LogP contribution in [0.1, 0.15) is 33.6 Å². The lowest BCUT2D eigenvalue weighted by Crippen LogP contribution is -2.44. The van der Waals surface area contributed by atoms with E-state index in [1.54, 1.807) is 11.0 Å². The highest BCUT2D eigenvalue weighted by molar-refractivity contribution is 6.28. The molecular weight excluding hydrogens is 359 g/mol. The van der Waals surface area contributed by atoms with Gasteiger partial charge < -0.3 is 15.0 Å². The number of carbonyl (C=O) groups excluding carboxylic acids is 1. The van der Waals surface area contributed by atoms with Gasteiger partial charge in [0.25, 0.3) is 0 Å². The van der Waals surface area contributed by atoms with Gasteiger partial charge in [0.1, 0.15) is 17.2 Å². The number of halogens is 2. The van der Waals surface area contributed by atoms with Gasteiger partial charge in [0, 0.05) is 30.6 Å². The Kier molecular flexibility index (Phi) is 5.18. The number of nitrogens with one attached hydrogen (secondary N) is 1. The van der Waals surface area contributed by atoms with Gasteiger partial charge in [-0.3, -0.25) is 0 Å². The number of likely N-dealkylation sites (tertiary alicyclic amines) is 1. The molecule has 6 nitrogen and oxygen atoms in total. The average molecular weight is 381 g/mol. The first-order valence-electron chi connectivity index (χ1n) is 8.58. The van der Waals surface area contributed by atoms with Gasteiger partial charge in [-0.05, 0) is 57.3 Å². The van der Waals surface area contributed by atoms with E-state index in [0.717, 1.165) is 12.8 Å². The molecule has 0 aliphatic carbocycles. The van der Waals surface area contributed by atoms with Crippen molar-refractivity contribution >= 4 is 34.4 Å². The third-order valence-corrected chi connectivity index (χ3v) is 4.29. The molecule has 0 unspecified atom stereocenters. The maximum Gasteiger partial charge on any atom is 0.410 e. The standard InChI is InChI=1S/C18H22ClFN4O2/c1-18(2,3)26-17(25)24-8-6-12(7-9-24)21-15-13-5-4-11(20)10-14(13)22-16(19)23-15/h4-5,10,12H,6-9H2,1-3H3,(H,21,22,23). The number of piperidine rings is 1. The fourth-order valence-electron chi connectivity index (χ4n) is 2.91. The molecule has 1 amide bonds. The van der Waals surface area contributed by atoms with Crippen LogP contribution in [0.3, 0.4) is 0 Å². The highest BCUT2D eigenvalue weighted by atomic mass is 35.5. The van der Waals surface area contributed by atoms with Crippen LogP contribution < -0.4 is 5.32 Å². The number of amides is 1. The molecule has 3 rings (SSSR count). The van der Waals surface area contributed by atoms with Crippen molar-refractivity contribution < 1.29 is 13.9 Å². The molecule has 140 valence electrons. The van der Waals surface area contributed by atoms with Gasteiger partial charge in [-0.2, -0.15) is 0 Å². The molecular formula is C18H22ClFN4O2. The Labute approximate surface area is 156 Å². The molecule has 1 N–H and O–H groups in total. The predicted molar refractivity (Wildman–Crippen MR) is 99.0 cm³/mol. The molecule has 0 radical (unpaired) electrons. The van der Waals surface area contributed by atoms with E-state index in [-0.39, 0.29) is 23.2 Å². The molecule has 8 heteroatoms. The van der Waals surface area contributed by atoms with Crippen LogP contribution in [0.2, 0.25) is 5.28 Å². The number of rotatable bonds is 2. The van der Waals surface area contributed by atoms with Gasteiger partial charge in [-0.1, -0.05) is 0 Å². The maximum absolute atomic E-state index is 13.4. The molecule has 2 aromatic rings. The largest absolute Gasteiger partial charge is 0.444 e. The van der Waals surface area contributed by atoms with Crippen LogP contribution in [0.4, 0.5) is 15.0 Å². The number of fused-ring (bicyclic) bond motifs is 1. The van der Waals surface area contributed by atoms with Crippen LogP contribution in [-0.4, -0.2) is 45.7 Å². The number of benzene rings is 1. The first kappa shape index (κ1) is 18.6. The van der Waals surface area contributed by atoms with Crippen molar-refractivity contribution in [2.75, 3.05) is 18.4 Å². The summed E-state index contributed by atoms with van der Waals surface area (Å²) in [6.07, 6.45) is 1.22. The second-order valence-electron chi connectivity index (χ2n) is 7.39. The Morgan fingerprint density at radius 2 is 2.00 bits per heavy atom. The van der Waals surface area contributed by atoms with Crippen molar-refractivity contribution in [2.24, 2.45) is 0 Å². The molecule has 1 fully saturated rings. The fourth-order valence-corrected chi connectivity index (χ4v) is 3.09. The van der Waals surface area contributed by atoms with Gasteiger partial charge in [-0.25, -0.2) is 19.2 Å². The number of nitrogens with zero attached hydrogens (tertiary/aromatic N) is 3. The normalized spacial score (nSPS) is 16.0. The quantitative estimate of drug-likeness (QED) is 0.789. The lowest BCUT2D eigenvalue weighted by atomic mass is 10.1. The van der Waals surface area contributed by atoms with E-state index in [0.29, 0.717) is 29.8 Å².